The van der Waals surface area contributed by atoms with Crippen LogP contribution in [0.1, 0.15) is 16.7 Å². The lowest BCUT2D eigenvalue weighted by atomic mass is 9.94. The second kappa shape index (κ2) is 5.98. The molecular formula is C15H17ClFN. The lowest BCUT2D eigenvalue weighted by Gasteiger charge is -2.11. The third-order valence-electron chi connectivity index (χ3n) is 2.96. The van der Waals surface area contributed by atoms with E-state index in [9.17, 15) is 4.39 Å². The zero-order valence-corrected chi connectivity index (χ0v) is 11.4. The normalized spacial score (nSPS) is 10.0. The van der Waals surface area contributed by atoms with E-state index < -0.39 is 0 Å². The minimum atomic E-state index is -0.231. The minimum Gasteiger partial charge on any atom is -0.326 e. The Bertz CT molecular complexity index is 532. The minimum absolute atomic E-state index is 0. The van der Waals surface area contributed by atoms with Crippen molar-refractivity contribution in [1.29, 1.82) is 0 Å². The molecule has 2 rings (SSSR count). The highest BCUT2D eigenvalue weighted by molar-refractivity contribution is 5.85. The summed E-state index contributed by atoms with van der Waals surface area (Å²) >= 11 is 0. The standard InChI is InChI=1S/C15H16FN.ClH/c1-10-4-3-5-11(2)15(10)13-6-12(9-17)7-14(16)8-13;/h3-8H,9,17H2,1-2H3;1H. The molecule has 0 aliphatic carbocycles. The fourth-order valence-electron chi connectivity index (χ4n) is 2.18. The van der Waals surface area contributed by atoms with Crippen molar-refractivity contribution >= 4 is 12.4 Å². The van der Waals surface area contributed by atoms with Gasteiger partial charge in [0, 0.05) is 6.54 Å². The van der Waals surface area contributed by atoms with Gasteiger partial charge in [0.15, 0.2) is 0 Å². The van der Waals surface area contributed by atoms with Gasteiger partial charge in [-0.2, -0.15) is 0 Å². The predicted molar refractivity (Wildman–Crippen MR) is 76.4 cm³/mol. The SMILES string of the molecule is Cc1cccc(C)c1-c1cc(F)cc(CN)c1.Cl. The maximum atomic E-state index is 13.5. The van der Waals surface area contributed by atoms with Crippen LogP contribution in [0.5, 0.6) is 0 Å². The summed E-state index contributed by atoms with van der Waals surface area (Å²) < 4.78 is 13.5. The van der Waals surface area contributed by atoms with Gasteiger partial charge in [0.2, 0.25) is 0 Å². The van der Waals surface area contributed by atoms with Crippen LogP contribution in [0.25, 0.3) is 11.1 Å². The molecule has 0 amide bonds. The van der Waals surface area contributed by atoms with E-state index in [1.807, 2.05) is 38.1 Å². The van der Waals surface area contributed by atoms with Crippen molar-refractivity contribution in [3.63, 3.8) is 0 Å². The van der Waals surface area contributed by atoms with Crippen LogP contribution >= 0.6 is 12.4 Å². The Morgan fingerprint density at radius 2 is 1.67 bits per heavy atom. The molecule has 0 radical (unpaired) electrons. The van der Waals surface area contributed by atoms with Crippen molar-refractivity contribution in [1.82, 2.24) is 0 Å². The van der Waals surface area contributed by atoms with Crippen molar-refractivity contribution in [3.05, 3.63) is 58.9 Å². The number of halogens is 2. The maximum Gasteiger partial charge on any atom is 0.124 e. The van der Waals surface area contributed by atoms with Crippen molar-refractivity contribution in [2.24, 2.45) is 5.73 Å². The van der Waals surface area contributed by atoms with Crippen LogP contribution in [0, 0.1) is 19.7 Å². The smallest absolute Gasteiger partial charge is 0.124 e. The van der Waals surface area contributed by atoms with Crippen LogP contribution in [0.2, 0.25) is 0 Å². The summed E-state index contributed by atoms with van der Waals surface area (Å²) in [7, 11) is 0. The molecule has 0 heterocycles. The summed E-state index contributed by atoms with van der Waals surface area (Å²) in [5, 5.41) is 0. The Labute approximate surface area is 113 Å². The number of hydrogen-bond acceptors (Lipinski definition) is 1. The van der Waals surface area contributed by atoms with Crippen LogP contribution in [0.3, 0.4) is 0 Å². The van der Waals surface area contributed by atoms with Crippen molar-refractivity contribution in [2.45, 2.75) is 20.4 Å². The Morgan fingerprint density at radius 1 is 1.06 bits per heavy atom. The molecule has 0 bridgehead atoms. The number of aryl methyl sites for hydroxylation is 2. The zero-order chi connectivity index (χ0) is 12.4. The largest absolute Gasteiger partial charge is 0.326 e. The van der Waals surface area contributed by atoms with Gasteiger partial charge in [-0.1, -0.05) is 18.2 Å². The van der Waals surface area contributed by atoms with E-state index in [1.165, 1.54) is 6.07 Å². The Hall–Kier alpha value is -1.38. The van der Waals surface area contributed by atoms with E-state index in [0.717, 1.165) is 27.8 Å². The van der Waals surface area contributed by atoms with E-state index in [4.69, 9.17) is 5.73 Å². The van der Waals surface area contributed by atoms with Crippen LogP contribution in [-0.2, 0) is 6.54 Å². The van der Waals surface area contributed by atoms with Crippen molar-refractivity contribution in [3.8, 4) is 11.1 Å². The monoisotopic (exact) mass is 265 g/mol. The first-order valence-electron chi connectivity index (χ1n) is 5.68. The molecule has 2 aromatic rings. The van der Waals surface area contributed by atoms with Gasteiger partial charge < -0.3 is 5.73 Å². The lowest BCUT2D eigenvalue weighted by molar-refractivity contribution is 0.626. The molecule has 1 nitrogen and oxygen atoms in total. The predicted octanol–water partition coefficient (Wildman–Crippen LogP) is 3.99. The van der Waals surface area contributed by atoms with Crippen LogP contribution in [0.4, 0.5) is 4.39 Å². The molecule has 2 aromatic carbocycles. The highest BCUT2D eigenvalue weighted by Gasteiger charge is 2.07. The second-order valence-corrected chi connectivity index (χ2v) is 4.32. The topological polar surface area (TPSA) is 26.0 Å². The van der Waals surface area contributed by atoms with Gasteiger partial charge in [-0.05, 0) is 59.9 Å². The Kier molecular flexibility index (Phi) is 4.88. The first-order chi connectivity index (χ1) is 8.11. The van der Waals surface area contributed by atoms with Gasteiger partial charge in [-0.25, -0.2) is 4.39 Å². The molecule has 0 saturated heterocycles. The Balaban J connectivity index is 0.00000162. The number of nitrogens with two attached hydrogens (primary N) is 1. The summed E-state index contributed by atoms with van der Waals surface area (Å²) in [5.74, 6) is -0.231. The summed E-state index contributed by atoms with van der Waals surface area (Å²) in [6, 6.07) is 11.1. The first-order valence-corrected chi connectivity index (χ1v) is 5.68. The molecule has 3 heteroatoms. The summed E-state index contributed by atoms with van der Waals surface area (Å²) in [6.07, 6.45) is 0. The quantitative estimate of drug-likeness (QED) is 0.873. The zero-order valence-electron chi connectivity index (χ0n) is 10.5. The average molecular weight is 266 g/mol. The molecule has 0 unspecified atom stereocenters. The van der Waals surface area contributed by atoms with Crippen LogP contribution in [0.15, 0.2) is 36.4 Å². The fraction of sp³-hybridized carbons (Fsp3) is 0.200. The molecule has 2 N–H and O–H groups in total. The molecule has 0 aliphatic rings. The highest BCUT2D eigenvalue weighted by atomic mass is 35.5. The van der Waals surface area contributed by atoms with E-state index in [2.05, 4.69) is 0 Å². The van der Waals surface area contributed by atoms with Gasteiger partial charge >= 0.3 is 0 Å². The third-order valence-corrected chi connectivity index (χ3v) is 2.96. The number of benzene rings is 2. The van der Waals surface area contributed by atoms with Gasteiger partial charge in [-0.15, -0.1) is 12.4 Å². The molecule has 96 valence electrons. The van der Waals surface area contributed by atoms with E-state index in [1.54, 1.807) is 6.07 Å². The van der Waals surface area contributed by atoms with E-state index in [0.29, 0.717) is 6.54 Å². The fourth-order valence-corrected chi connectivity index (χ4v) is 2.18. The average Bonchev–Trinajstić information content (AvgIpc) is 2.28. The molecule has 0 spiro atoms. The van der Waals surface area contributed by atoms with Gasteiger partial charge in [-0.3, -0.25) is 0 Å². The van der Waals surface area contributed by atoms with Crippen LogP contribution in [-0.4, -0.2) is 0 Å². The van der Waals surface area contributed by atoms with Crippen molar-refractivity contribution < 1.29 is 4.39 Å². The van der Waals surface area contributed by atoms with Crippen LogP contribution < -0.4 is 5.73 Å². The summed E-state index contributed by atoms with van der Waals surface area (Å²) in [5.41, 5.74) is 10.7. The molecule has 0 atom stereocenters. The molecule has 0 aromatic heterocycles. The highest BCUT2D eigenvalue weighted by Crippen LogP contribution is 2.28. The molecule has 0 aliphatic heterocycles. The first kappa shape index (κ1) is 14.7. The molecule has 0 fully saturated rings. The van der Waals surface area contributed by atoms with Gasteiger partial charge in [0.1, 0.15) is 5.82 Å². The maximum absolute atomic E-state index is 13.5. The number of hydrogen-bond donors (Lipinski definition) is 1. The molecule has 18 heavy (non-hydrogen) atoms. The lowest BCUT2D eigenvalue weighted by Crippen LogP contribution is -1.98. The van der Waals surface area contributed by atoms with Gasteiger partial charge in [0.05, 0.1) is 0 Å². The third kappa shape index (κ3) is 2.89. The van der Waals surface area contributed by atoms with Crippen molar-refractivity contribution in [2.75, 3.05) is 0 Å². The number of rotatable bonds is 2. The van der Waals surface area contributed by atoms with Gasteiger partial charge in [0.25, 0.3) is 0 Å². The second-order valence-electron chi connectivity index (χ2n) is 4.32. The van der Waals surface area contributed by atoms with E-state index >= 15 is 0 Å². The molecular weight excluding hydrogens is 249 g/mol. The Morgan fingerprint density at radius 3 is 2.22 bits per heavy atom. The molecule has 0 saturated carbocycles. The summed E-state index contributed by atoms with van der Waals surface area (Å²) in [6.45, 7) is 4.43. The van der Waals surface area contributed by atoms with E-state index in [-0.39, 0.29) is 18.2 Å². The summed E-state index contributed by atoms with van der Waals surface area (Å²) in [4.78, 5) is 0.